The molecule has 0 atom stereocenters. The van der Waals surface area contributed by atoms with Crippen LogP contribution in [0.5, 0.6) is 0 Å². The first-order chi connectivity index (χ1) is 4.66. The SMILES string of the molecule is CCOOC(=O)CC(C)C. The summed E-state index contributed by atoms with van der Waals surface area (Å²) in [6.07, 6.45) is 0.417. The van der Waals surface area contributed by atoms with Crippen molar-refractivity contribution < 1.29 is 14.6 Å². The van der Waals surface area contributed by atoms with Gasteiger partial charge < -0.3 is 0 Å². The zero-order valence-electron chi connectivity index (χ0n) is 6.72. The Morgan fingerprint density at radius 3 is 2.50 bits per heavy atom. The van der Waals surface area contributed by atoms with E-state index in [4.69, 9.17) is 0 Å². The largest absolute Gasteiger partial charge is 0.342 e. The minimum absolute atomic E-state index is 0.295. The summed E-state index contributed by atoms with van der Waals surface area (Å²) < 4.78 is 0. The van der Waals surface area contributed by atoms with Gasteiger partial charge in [-0.05, 0) is 12.8 Å². The van der Waals surface area contributed by atoms with Crippen LogP contribution in [0.15, 0.2) is 0 Å². The molecule has 0 fully saturated rings. The van der Waals surface area contributed by atoms with Crippen molar-refractivity contribution in [1.29, 1.82) is 0 Å². The molecule has 0 aromatic heterocycles. The van der Waals surface area contributed by atoms with Gasteiger partial charge in [-0.25, -0.2) is 4.79 Å². The normalized spacial score (nSPS) is 10.0. The molecule has 0 bridgehead atoms. The fraction of sp³-hybridized carbons (Fsp3) is 0.857. The van der Waals surface area contributed by atoms with Crippen molar-refractivity contribution in [3.63, 3.8) is 0 Å². The van der Waals surface area contributed by atoms with Crippen LogP contribution in [0.1, 0.15) is 27.2 Å². The molecular formula is C7H14O3. The lowest BCUT2D eigenvalue weighted by molar-refractivity contribution is -0.270. The van der Waals surface area contributed by atoms with Crippen molar-refractivity contribution in [2.45, 2.75) is 27.2 Å². The van der Waals surface area contributed by atoms with Gasteiger partial charge in [-0.3, -0.25) is 4.89 Å². The molecule has 0 aromatic carbocycles. The van der Waals surface area contributed by atoms with E-state index >= 15 is 0 Å². The second kappa shape index (κ2) is 5.23. The molecule has 0 heterocycles. The maximum absolute atomic E-state index is 10.7. The topological polar surface area (TPSA) is 35.5 Å². The summed E-state index contributed by atoms with van der Waals surface area (Å²) in [5, 5.41) is 0. The van der Waals surface area contributed by atoms with Gasteiger partial charge in [0.05, 0.1) is 13.0 Å². The Kier molecular flexibility index (Phi) is 4.94. The average molecular weight is 146 g/mol. The third kappa shape index (κ3) is 5.56. The number of carbonyl (C=O) groups is 1. The number of rotatable bonds is 4. The summed E-state index contributed by atoms with van der Waals surface area (Å²) in [6.45, 7) is 6.08. The lowest BCUT2D eigenvalue weighted by Gasteiger charge is -2.02. The van der Waals surface area contributed by atoms with Gasteiger partial charge >= 0.3 is 5.97 Å². The average Bonchev–Trinajstić information content (AvgIpc) is 1.82. The monoisotopic (exact) mass is 146 g/mol. The lowest BCUT2D eigenvalue weighted by atomic mass is 10.1. The molecular weight excluding hydrogens is 132 g/mol. The summed E-state index contributed by atoms with van der Waals surface area (Å²) in [5.74, 6) is 0.0322. The Hall–Kier alpha value is -0.570. The fourth-order valence-corrected chi connectivity index (χ4v) is 0.492. The molecule has 0 spiro atoms. The van der Waals surface area contributed by atoms with E-state index in [0.717, 1.165) is 0 Å². The lowest BCUT2D eigenvalue weighted by Crippen LogP contribution is -2.07. The van der Waals surface area contributed by atoms with E-state index in [1.165, 1.54) is 0 Å². The Morgan fingerprint density at radius 2 is 2.10 bits per heavy atom. The van der Waals surface area contributed by atoms with Gasteiger partial charge in [0.25, 0.3) is 0 Å². The predicted octanol–water partition coefficient (Wildman–Crippen LogP) is 1.53. The highest BCUT2D eigenvalue weighted by Crippen LogP contribution is 2.00. The van der Waals surface area contributed by atoms with Crippen molar-refractivity contribution in [2.24, 2.45) is 5.92 Å². The molecule has 3 nitrogen and oxygen atoms in total. The smallest absolute Gasteiger partial charge is 0.298 e. The summed E-state index contributed by atoms with van der Waals surface area (Å²) >= 11 is 0. The number of hydrogen-bond donors (Lipinski definition) is 0. The van der Waals surface area contributed by atoms with Crippen molar-refractivity contribution >= 4 is 5.97 Å². The Labute approximate surface area is 61.2 Å². The van der Waals surface area contributed by atoms with Gasteiger partial charge in [0.15, 0.2) is 0 Å². The molecule has 0 radical (unpaired) electrons. The minimum atomic E-state index is -0.295. The quantitative estimate of drug-likeness (QED) is 0.445. The minimum Gasteiger partial charge on any atom is -0.298 e. The molecule has 0 unspecified atom stereocenters. The van der Waals surface area contributed by atoms with E-state index in [9.17, 15) is 4.79 Å². The highest BCUT2D eigenvalue weighted by molar-refractivity contribution is 5.68. The first-order valence-corrected chi connectivity index (χ1v) is 3.49. The van der Waals surface area contributed by atoms with Gasteiger partial charge in [0.1, 0.15) is 0 Å². The zero-order valence-corrected chi connectivity index (χ0v) is 6.72. The van der Waals surface area contributed by atoms with Gasteiger partial charge in [-0.1, -0.05) is 13.8 Å². The molecule has 0 aliphatic heterocycles. The molecule has 60 valence electrons. The van der Waals surface area contributed by atoms with Crippen molar-refractivity contribution in [3.05, 3.63) is 0 Å². The van der Waals surface area contributed by atoms with Crippen LogP contribution in [0.2, 0.25) is 0 Å². The Bertz CT molecular complexity index is 99.0. The fourth-order valence-electron chi connectivity index (χ4n) is 0.492. The van der Waals surface area contributed by atoms with Crippen LogP contribution in [0.4, 0.5) is 0 Å². The highest BCUT2D eigenvalue weighted by Gasteiger charge is 2.05. The van der Waals surface area contributed by atoms with Gasteiger partial charge in [0.2, 0.25) is 0 Å². The molecule has 0 aromatic rings. The van der Waals surface area contributed by atoms with E-state index in [1.54, 1.807) is 6.92 Å². The molecule has 0 amide bonds. The van der Waals surface area contributed by atoms with E-state index < -0.39 is 0 Å². The van der Waals surface area contributed by atoms with E-state index in [-0.39, 0.29) is 5.97 Å². The third-order valence-electron chi connectivity index (χ3n) is 0.845. The van der Waals surface area contributed by atoms with Crippen LogP contribution < -0.4 is 0 Å². The van der Waals surface area contributed by atoms with Crippen molar-refractivity contribution in [3.8, 4) is 0 Å². The van der Waals surface area contributed by atoms with Crippen LogP contribution in [-0.2, 0) is 14.6 Å². The maximum atomic E-state index is 10.7. The van der Waals surface area contributed by atoms with Crippen molar-refractivity contribution in [2.75, 3.05) is 6.61 Å². The van der Waals surface area contributed by atoms with Gasteiger partial charge in [-0.2, -0.15) is 4.89 Å². The molecule has 0 aliphatic carbocycles. The van der Waals surface area contributed by atoms with Crippen LogP contribution >= 0.6 is 0 Å². The van der Waals surface area contributed by atoms with Crippen molar-refractivity contribution in [1.82, 2.24) is 0 Å². The van der Waals surface area contributed by atoms with E-state index in [2.05, 4.69) is 9.78 Å². The second-order valence-corrected chi connectivity index (χ2v) is 2.46. The Balaban J connectivity index is 3.26. The van der Waals surface area contributed by atoms with Crippen LogP contribution in [0.25, 0.3) is 0 Å². The summed E-state index contributed by atoms with van der Waals surface area (Å²) in [5.41, 5.74) is 0. The van der Waals surface area contributed by atoms with Crippen LogP contribution in [-0.4, -0.2) is 12.6 Å². The molecule has 0 saturated heterocycles. The molecule has 0 saturated carbocycles. The van der Waals surface area contributed by atoms with E-state index in [0.29, 0.717) is 18.9 Å². The number of hydrogen-bond acceptors (Lipinski definition) is 3. The second-order valence-electron chi connectivity index (χ2n) is 2.46. The molecule has 0 rings (SSSR count). The molecule has 0 aliphatic rings. The molecule has 3 heteroatoms. The first-order valence-electron chi connectivity index (χ1n) is 3.49. The Morgan fingerprint density at radius 1 is 1.50 bits per heavy atom. The third-order valence-corrected chi connectivity index (χ3v) is 0.845. The summed E-state index contributed by atoms with van der Waals surface area (Å²) in [4.78, 5) is 19.5. The maximum Gasteiger partial charge on any atom is 0.342 e. The molecule has 10 heavy (non-hydrogen) atoms. The van der Waals surface area contributed by atoms with E-state index in [1.807, 2.05) is 13.8 Å². The van der Waals surface area contributed by atoms with Gasteiger partial charge in [-0.15, -0.1) is 0 Å². The highest BCUT2D eigenvalue weighted by atomic mass is 17.2. The van der Waals surface area contributed by atoms with Crippen LogP contribution in [0, 0.1) is 5.92 Å². The van der Waals surface area contributed by atoms with Gasteiger partial charge in [0, 0.05) is 0 Å². The standard InChI is InChI=1S/C7H14O3/c1-4-9-10-7(8)5-6(2)3/h6H,4-5H2,1-3H3. The molecule has 0 N–H and O–H groups in total. The predicted molar refractivity (Wildman–Crippen MR) is 37.2 cm³/mol. The summed E-state index contributed by atoms with van der Waals surface area (Å²) in [6, 6.07) is 0. The number of carbonyl (C=O) groups excluding carboxylic acids is 1. The summed E-state index contributed by atoms with van der Waals surface area (Å²) in [7, 11) is 0. The first kappa shape index (κ1) is 9.43. The van der Waals surface area contributed by atoms with Crippen LogP contribution in [0.3, 0.4) is 0 Å². The zero-order chi connectivity index (χ0) is 7.98.